The van der Waals surface area contributed by atoms with Crippen molar-refractivity contribution in [1.82, 2.24) is 0 Å². The molecule has 27 heavy (non-hydrogen) atoms. The highest BCUT2D eigenvalue weighted by molar-refractivity contribution is 6.08. The molecule has 0 unspecified atom stereocenters. The first-order valence-corrected chi connectivity index (χ1v) is 8.24. The van der Waals surface area contributed by atoms with Crippen molar-refractivity contribution in [2.24, 2.45) is 0 Å². The van der Waals surface area contributed by atoms with E-state index in [9.17, 15) is 18.0 Å². The molecule has 0 aliphatic rings. The van der Waals surface area contributed by atoms with E-state index < -0.39 is 11.7 Å². The lowest BCUT2D eigenvalue weighted by atomic mass is 10.1. The van der Waals surface area contributed by atoms with Crippen molar-refractivity contribution in [3.63, 3.8) is 0 Å². The van der Waals surface area contributed by atoms with Crippen LogP contribution in [0.4, 0.5) is 30.2 Å². The van der Waals surface area contributed by atoms with Gasteiger partial charge >= 0.3 is 6.18 Å². The van der Waals surface area contributed by atoms with E-state index in [4.69, 9.17) is 0 Å². The number of hydrogen-bond acceptors (Lipinski definition) is 2. The second-order valence-electron chi connectivity index (χ2n) is 6.07. The Morgan fingerprint density at radius 2 is 1.56 bits per heavy atom. The fraction of sp³-hybridized carbons (Fsp3) is 0.0952. The predicted octanol–water partition coefficient (Wildman–Crippen LogP) is 6.01. The maximum atomic E-state index is 12.9. The minimum Gasteiger partial charge on any atom is -0.355 e. The largest absolute Gasteiger partial charge is 0.416 e. The fourth-order valence-electron chi connectivity index (χ4n) is 2.64. The Labute approximate surface area is 154 Å². The van der Waals surface area contributed by atoms with Gasteiger partial charge in [-0.05, 0) is 55.0 Å². The third kappa shape index (κ3) is 4.67. The molecular formula is C21H17F3N2O. The van der Waals surface area contributed by atoms with Gasteiger partial charge in [0.1, 0.15) is 0 Å². The van der Waals surface area contributed by atoms with Gasteiger partial charge in [0.25, 0.3) is 5.91 Å². The third-order valence-corrected chi connectivity index (χ3v) is 3.92. The molecule has 0 radical (unpaired) electrons. The van der Waals surface area contributed by atoms with E-state index in [0.29, 0.717) is 16.9 Å². The summed E-state index contributed by atoms with van der Waals surface area (Å²) >= 11 is 0. The van der Waals surface area contributed by atoms with Crippen LogP contribution in [0.3, 0.4) is 0 Å². The Hall–Kier alpha value is -3.28. The Balaban J connectivity index is 1.85. The molecule has 0 fully saturated rings. The zero-order valence-corrected chi connectivity index (χ0v) is 14.5. The molecule has 0 spiro atoms. The van der Waals surface area contributed by atoms with Crippen LogP contribution in [0.2, 0.25) is 0 Å². The number of carbonyl (C=O) groups is 1. The smallest absolute Gasteiger partial charge is 0.355 e. The predicted molar refractivity (Wildman–Crippen MR) is 100 cm³/mol. The Morgan fingerprint density at radius 3 is 2.30 bits per heavy atom. The molecule has 0 aliphatic carbocycles. The van der Waals surface area contributed by atoms with Crippen LogP contribution in [0.25, 0.3) is 0 Å². The van der Waals surface area contributed by atoms with E-state index in [0.717, 1.165) is 17.7 Å². The van der Waals surface area contributed by atoms with Gasteiger partial charge in [-0.25, -0.2) is 0 Å². The van der Waals surface area contributed by atoms with Crippen molar-refractivity contribution >= 4 is 23.0 Å². The maximum absolute atomic E-state index is 12.9. The number of alkyl halides is 3. The average molecular weight is 370 g/mol. The standard InChI is InChI=1S/C21H17F3N2O/c1-14-6-4-8-16(12-14)26-20(27)18-10-2-3-11-19(18)25-17-9-5-7-15(13-17)21(22,23)24/h2-13,25H,1H3,(H,26,27). The number of amides is 1. The van der Waals surface area contributed by atoms with E-state index in [2.05, 4.69) is 10.6 Å². The van der Waals surface area contributed by atoms with E-state index in [1.54, 1.807) is 30.3 Å². The molecule has 3 nitrogen and oxygen atoms in total. The van der Waals surface area contributed by atoms with Gasteiger partial charge in [-0.15, -0.1) is 0 Å². The lowest BCUT2D eigenvalue weighted by molar-refractivity contribution is -0.137. The van der Waals surface area contributed by atoms with Crippen molar-refractivity contribution in [2.75, 3.05) is 10.6 Å². The summed E-state index contributed by atoms with van der Waals surface area (Å²) in [6.45, 7) is 1.92. The fourth-order valence-corrected chi connectivity index (χ4v) is 2.64. The molecule has 0 heterocycles. The van der Waals surface area contributed by atoms with Crippen LogP contribution in [0, 0.1) is 6.92 Å². The summed E-state index contributed by atoms with van der Waals surface area (Å²) in [4.78, 5) is 12.6. The van der Waals surface area contributed by atoms with Gasteiger partial charge in [0.05, 0.1) is 16.8 Å². The lowest BCUT2D eigenvalue weighted by Crippen LogP contribution is -2.14. The second kappa shape index (κ2) is 7.53. The van der Waals surface area contributed by atoms with Crippen molar-refractivity contribution in [3.05, 3.63) is 89.5 Å². The van der Waals surface area contributed by atoms with Crippen molar-refractivity contribution in [1.29, 1.82) is 0 Å². The summed E-state index contributed by atoms with van der Waals surface area (Å²) < 4.78 is 38.7. The van der Waals surface area contributed by atoms with Crippen LogP contribution in [0.5, 0.6) is 0 Å². The van der Waals surface area contributed by atoms with Gasteiger partial charge in [0.15, 0.2) is 0 Å². The number of carbonyl (C=O) groups excluding carboxylic acids is 1. The molecule has 6 heteroatoms. The molecule has 138 valence electrons. The number of benzene rings is 3. The van der Waals surface area contributed by atoms with Crippen LogP contribution < -0.4 is 10.6 Å². The highest BCUT2D eigenvalue weighted by Gasteiger charge is 2.30. The summed E-state index contributed by atoms with van der Waals surface area (Å²) in [5.74, 6) is -0.351. The summed E-state index contributed by atoms with van der Waals surface area (Å²) in [7, 11) is 0. The van der Waals surface area contributed by atoms with Crippen LogP contribution >= 0.6 is 0 Å². The van der Waals surface area contributed by atoms with E-state index in [1.165, 1.54) is 12.1 Å². The number of rotatable bonds is 4. The Morgan fingerprint density at radius 1 is 0.852 bits per heavy atom. The van der Waals surface area contributed by atoms with Gasteiger partial charge in [-0.1, -0.05) is 30.3 Å². The molecule has 3 aromatic carbocycles. The number of hydrogen-bond donors (Lipinski definition) is 2. The van der Waals surface area contributed by atoms with Gasteiger partial charge in [-0.2, -0.15) is 13.2 Å². The van der Waals surface area contributed by atoms with E-state index >= 15 is 0 Å². The van der Waals surface area contributed by atoms with Gasteiger partial charge in [0.2, 0.25) is 0 Å². The highest BCUT2D eigenvalue weighted by atomic mass is 19.4. The first-order valence-electron chi connectivity index (χ1n) is 8.24. The Kier molecular flexibility index (Phi) is 5.16. The van der Waals surface area contributed by atoms with Crippen LogP contribution in [0.15, 0.2) is 72.8 Å². The molecule has 0 aromatic heterocycles. The van der Waals surface area contributed by atoms with Crippen molar-refractivity contribution < 1.29 is 18.0 Å². The number of halogens is 3. The number of aryl methyl sites for hydroxylation is 1. The van der Waals surface area contributed by atoms with Crippen LogP contribution in [-0.2, 0) is 6.18 Å². The van der Waals surface area contributed by atoms with Crippen LogP contribution in [-0.4, -0.2) is 5.91 Å². The minimum absolute atomic E-state index is 0.251. The monoisotopic (exact) mass is 370 g/mol. The maximum Gasteiger partial charge on any atom is 0.416 e. The molecule has 0 saturated heterocycles. The zero-order valence-electron chi connectivity index (χ0n) is 14.5. The summed E-state index contributed by atoms with van der Waals surface area (Å²) in [6, 6.07) is 18.9. The highest BCUT2D eigenvalue weighted by Crippen LogP contribution is 2.32. The van der Waals surface area contributed by atoms with Gasteiger partial charge in [-0.3, -0.25) is 4.79 Å². The molecule has 3 aromatic rings. The molecule has 0 bridgehead atoms. The van der Waals surface area contributed by atoms with E-state index in [1.807, 2.05) is 25.1 Å². The minimum atomic E-state index is -4.43. The quantitative estimate of drug-likeness (QED) is 0.590. The van der Waals surface area contributed by atoms with Crippen molar-refractivity contribution in [3.8, 4) is 0 Å². The normalized spacial score (nSPS) is 11.1. The number of nitrogens with one attached hydrogen (secondary N) is 2. The van der Waals surface area contributed by atoms with Crippen molar-refractivity contribution in [2.45, 2.75) is 13.1 Å². The molecule has 1 amide bonds. The zero-order chi connectivity index (χ0) is 19.4. The third-order valence-electron chi connectivity index (χ3n) is 3.92. The first-order chi connectivity index (χ1) is 12.8. The summed E-state index contributed by atoms with van der Waals surface area (Å²) in [5.41, 5.74) is 1.89. The molecule has 0 saturated carbocycles. The summed E-state index contributed by atoms with van der Waals surface area (Å²) in [6.07, 6.45) is -4.43. The molecular weight excluding hydrogens is 353 g/mol. The van der Waals surface area contributed by atoms with Gasteiger partial charge in [0, 0.05) is 11.4 Å². The Bertz CT molecular complexity index is 967. The van der Waals surface area contributed by atoms with E-state index in [-0.39, 0.29) is 11.6 Å². The lowest BCUT2D eigenvalue weighted by Gasteiger charge is -2.14. The molecule has 2 N–H and O–H groups in total. The van der Waals surface area contributed by atoms with Crippen LogP contribution in [0.1, 0.15) is 21.5 Å². The molecule has 3 rings (SSSR count). The average Bonchev–Trinajstić information content (AvgIpc) is 2.62. The molecule has 0 atom stereocenters. The number of anilines is 3. The number of para-hydroxylation sites is 1. The molecule has 0 aliphatic heterocycles. The topological polar surface area (TPSA) is 41.1 Å². The summed E-state index contributed by atoms with van der Waals surface area (Å²) in [5, 5.41) is 5.70. The van der Waals surface area contributed by atoms with Gasteiger partial charge < -0.3 is 10.6 Å². The second-order valence-corrected chi connectivity index (χ2v) is 6.07. The first kappa shape index (κ1) is 18.5. The SMILES string of the molecule is Cc1cccc(NC(=O)c2ccccc2Nc2cccc(C(F)(F)F)c2)c1.